The molecule has 0 amide bonds. The van der Waals surface area contributed by atoms with Crippen molar-refractivity contribution in [3.05, 3.63) is 0 Å². The number of aliphatic carboxylic acids is 1. The fourth-order valence-corrected chi connectivity index (χ4v) is 2.00. The predicted molar refractivity (Wildman–Crippen MR) is 59.0 cm³/mol. The molecule has 2 unspecified atom stereocenters. The average molecular weight is 228 g/mol. The third-order valence-electron chi connectivity index (χ3n) is 3.20. The fourth-order valence-electron chi connectivity index (χ4n) is 2.00. The first-order valence-electron chi connectivity index (χ1n) is 6.01. The minimum Gasteiger partial charge on any atom is -0.481 e. The molecule has 1 aliphatic rings. The number of carboxylic acid groups (broad SMARTS) is 1. The molecule has 4 nitrogen and oxygen atoms in total. The normalized spacial score (nSPS) is 23.6. The van der Waals surface area contributed by atoms with E-state index in [4.69, 9.17) is 9.84 Å². The molecule has 0 heterocycles. The minimum atomic E-state index is -0.769. The van der Waals surface area contributed by atoms with Crippen LogP contribution in [0.4, 0.5) is 0 Å². The average Bonchev–Trinajstić information content (AvgIpc) is 2.21. The van der Waals surface area contributed by atoms with E-state index in [2.05, 4.69) is 0 Å². The zero-order chi connectivity index (χ0) is 12.0. The van der Waals surface area contributed by atoms with Gasteiger partial charge in [0.05, 0.1) is 6.61 Å². The highest BCUT2D eigenvalue weighted by atomic mass is 16.5. The highest BCUT2D eigenvalue weighted by Crippen LogP contribution is 2.39. The van der Waals surface area contributed by atoms with Gasteiger partial charge in [0.15, 0.2) is 0 Å². The maximum Gasteiger partial charge on any atom is 0.306 e. The van der Waals surface area contributed by atoms with Gasteiger partial charge in [-0.05, 0) is 31.1 Å². The number of rotatable bonds is 7. The lowest BCUT2D eigenvalue weighted by Gasteiger charge is -2.34. The third-order valence-corrected chi connectivity index (χ3v) is 3.20. The predicted octanol–water partition coefficient (Wildman–Crippen LogP) is 2.22. The Morgan fingerprint density at radius 1 is 1.25 bits per heavy atom. The van der Waals surface area contributed by atoms with Gasteiger partial charge in [-0.1, -0.05) is 13.3 Å². The largest absolute Gasteiger partial charge is 0.481 e. The number of carbonyl (C=O) groups is 2. The topological polar surface area (TPSA) is 63.6 Å². The molecule has 0 spiro atoms. The Morgan fingerprint density at radius 2 is 1.88 bits per heavy atom. The Labute approximate surface area is 96.0 Å². The number of hydrogen-bond donors (Lipinski definition) is 1. The van der Waals surface area contributed by atoms with E-state index in [1.807, 2.05) is 6.92 Å². The molecule has 0 aromatic rings. The SMILES string of the molecule is CCCCOC(=O)CC1CCC1CC(=O)O. The summed E-state index contributed by atoms with van der Waals surface area (Å²) in [5.74, 6) is -0.538. The molecule has 0 aromatic heterocycles. The van der Waals surface area contributed by atoms with Gasteiger partial charge >= 0.3 is 11.9 Å². The van der Waals surface area contributed by atoms with Gasteiger partial charge in [0.1, 0.15) is 0 Å². The fraction of sp³-hybridized carbons (Fsp3) is 0.833. The number of carbonyl (C=O) groups excluding carboxylic acids is 1. The molecule has 0 aliphatic heterocycles. The zero-order valence-corrected chi connectivity index (χ0v) is 9.78. The van der Waals surface area contributed by atoms with E-state index >= 15 is 0 Å². The van der Waals surface area contributed by atoms with Crippen molar-refractivity contribution in [1.82, 2.24) is 0 Å². The highest BCUT2D eigenvalue weighted by molar-refractivity contribution is 5.70. The first kappa shape index (κ1) is 13.0. The summed E-state index contributed by atoms with van der Waals surface area (Å²) in [6.45, 7) is 2.54. The van der Waals surface area contributed by atoms with E-state index in [1.165, 1.54) is 0 Å². The molecule has 4 heteroatoms. The number of hydrogen-bond acceptors (Lipinski definition) is 3. The molecule has 0 bridgehead atoms. The quantitative estimate of drug-likeness (QED) is 0.536. The maximum atomic E-state index is 11.4. The minimum absolute atomic E-state index is 0.173. The molecular weight excluding hydrogens is 208 g/mol. The van der Waals surface area contributed by atoms with Crippen molar-refractivity contribution in [1.29, 1.82) is 0 Å². The van der Waals surface area contributed by atoms with Gasteiger partial charge in [-0.2, -0.15) is 0 Å². The molecule has 1 fully saturated rings. The summed E-state index contributed by atoms with van der Waals surface area (Å²) in [7, 11) is 0. The van der Waals surface area contributed by atoms with Crippen molar-refractivity contribution < 1.29 is 19.4 Å². The summed E-state index contributed by atoms with van der Waals surface area (Å²) in [6, 6.07) is 0. The van der Waals surface area contributed by atoms with Gasteiger partial charge in [-0.3, -0.25) is 9.59 Å². The zero-order valence-electron chi connectivity index (χ0n) is 9.78. The van der Waals surface area contributed by atoms with Crippen molar-refractivity contribution in [2.75, 3.05) is 6.61 Å². The van der Waals surface area contributed by atoms with E-state index in [0.29, 0.717) is 13.0 Å². The highest BCUT2D eigenvalue weighted by Gasteiger charge is 2.34. The van der Waals surface area contributed by atoms with Gasteiger partial charge in [0.25, 0.3) is 0 Å². The standard InChI is InChI=1S/C12H20O4/c1-2-3-6-16-12(15)8-10-5-4-9(10)7-11(13)14/h9-10H,2-8H2,1H3,(H,13,14). The molecule has 1 N–H and O–H groups in total. The Kier molecular flexibility index (Phi) is 5.29. The molecule has 1 saturated carbocycles. The lowest BCUT2D eigenvalue weighted by Crippen LogP contribution is -2.30. The van der Waals surface area contributed by atoms with Crippen LogP contribution in [0.15, 0.2) is 0 Å². The molecule has 1 aliphatic carbocycles. The number of carboxylic acids is 1. The Morgan fingerprint density at radius 3 is 2.38 bits per heavy atom. The van der Waals surface area contributed by atoms with Crippen LogP contribution in [0, 0.1) is 11.8 Å². The van der Waals surface area contributed by atoms with Crippen LogP contribution in [0.3, 0.4) is 0 Å². The van der Waals surface area contributed by atoms with E-state index in [9.17, 15) is 9.59 Å². The van der Waals surface area contributed by atoms with Gasteiger partial charge in [-0.25, -0.2) is 0 Å². The molecule has 0 radical (unpaired) electrons. The summed E-state index contributed by atoms with van der Waals surface area (Å²) in [6.07, 6.45) is 4.38. The molecule has 92 valence electrons. The van der Waals surface area contributed by atoms with Crippen molar-refractivity contribution in [2.45, 2.75) is 45.4 Å². The molecular formula is C12H20O4. The molecule has 1 rings (SSSR count). The van der Waals surface area contributed by atoms with E-state index < -0.39 is 5.97 Å². The Bertz CT molecular complexity index is 249. The van der Waals surface area contributed by atoms with Gasteiger partial charge in [0.2, 0.25) is 0 Å². The van der Waals surface area contributed by atoms with Crippen LogP contribution in [0.25, 0.3) is 0 Å². The second-order valence-corrected chi connectivity index (χ2v) is 4.47. The summed E-state index contributed by atoms with van der Waals surface area (Å²) in [4.78, 5) is 21.9. The van der Waals surface area contributed by atoms with Crippen molar-refractivity contribution in [3.8, 4) is 0 Å². The van der Waals surface area contributed by atoms with Crippen molar-refractivity contribution >= 4 is 11.9 Å². The molecule has 0 saturated heterocycles. The lowest BCUT2D eigenvalue weighted by molar-refractivity contribution is -0.148. The first-order valence-corrected chi connectivity index (χ1v) is 6.01. The second kappa shape index (κ2) is 6.51. The van der Waals surface area contributed by atoms with Crippen LogP contribution >= 0.6 is 0 Å². The van der Waals surface area contributed by atoms with Crippen LogP contribution in [0.2, 0.25) is 0 Å². The van der Waals surface area contributed by atoms with Crippen LogP contribution in [-0.4, -0.2) is 23.7 Å². The first-order chi connectivity index (χ1) is 7.63. The van der Waals surface area contributed by atoms with Gasteiger partial charge in [-0.15, -0.1) is 0 Å². The summed E-state index contributed by atoms with van der Waals surface area (Å²) in [5.41, 5.74) is 0. The van der Waals surface area contributed by atoms with Crippen LogP contribution in [0.1, 0.15) is 45.4 Å². The third kappa shape index (κ3) is 4.21. The molecule has 0 aromatic carbocycles. The smallest absolute Gasteiger partial charge is 0.306 e. The van der Waals surface area contributed by atoms with Crippen LogP contribution in [-0.2, 0) is 14.3 Å². The summed E-state index contributed by atoms with van der Waals surface area (Å²) in [5, 5.41) is 8.66. The second-order valence-electron chi connectivity index (χ2n) is 4.47. The van der Waals surface area contributed by atoms with E-state index in [0.717, 1.165) is 25.7 Å². The molecule has 16 heavy (non-hydrogen) atoms. The van der Waals surface area contributed by atoms with E-state index in [-0.39, 0.29) is 24.2 Å². The van der Waals surface area contributed by atoms with Crippen molar-refractivity contribution in [3.63, 3.8) is 0 Å². The van der Waals surface area contributed by atoms with Crippen LogP contribution < -0.4 is 0 Å². The number of ether oxygens (including phenoxy) is 1. The summed E-state index contributed by atoms with van der Waals surface area (Å²) < 4.78 is 5.06. The van der Waals surface area contributed by atoms with Gasteiger partial charge in [0, 0.05) is 12.8 Å². The maximum absolute atomic E-state index is 11.4. The molecule has 2 atom stereocenters. The number of esters is 1. The Hall–Kier alpha value is -1.06. The van der Waals surface area contributed by atoms with Crippen molar-refractivity contribution in [2.24, 2.45) is 11.8 Å². The monoisotopic (exact) mass is 228 g/mol. The van der Waals surface area contributed by atoms with Crippen LogP contribution in [0.5, 0.6) is 0 Å². The Balaban J connectivity index is 2.16. The number of unbranched alkanes of at least 4 members (excludes halogenated alkanes) is 1. The van der Waals surface area contributed by atoms with E-state index in [1.54, 1.807) is 0 Å². The summed E-state index contributed by atoms with van der Waals surface area (Å²) >= 11 is 0. The lowest BCUT2D eigenvalue weighted by atomic mass is 9.70. The van der Waals surface area contributed by atoms with Gasteiger partial charge < -0.3 is 9.84 Å².